The average molecular weight is 439 g/mol. The van der Waals surface area contributed by atoms with Gasteiger partial charge in [0.25, 0.3) is 0 Å². The third kappa shape index (κ3) is 6.58. The van der Waals surface area contributed by atoms with E-state index in [1.54, 1.807) is 0 Å². The van der Waals surface area contributed by atoms with Crippen LogP contribution in [0.1, 0.15) is 77.4 Å². The van der Waals surface area contributed by atoms with E-state index in [0.29, 0.717) is 0 Å². The molecule has 3 heterocycles. The minimum Gasteiger partial charge on any atom is -0.372 e. The first-order chi connectivity index (χ1) is 15.8. The predicted octanol–water partition coefficient (Wildman–Crippen LogP) is 6.03. The van der Waals surface area contributed by atoms with E-state index in [9.17, 15) is 0 Å². The van der Waals surface area contributed by atoms with Crippen LogP contribution in [-0.2, 0) is 4.74 Å². The molecule has 1 aromatic heterocycles. The Morgan fingerprint density at radius 3 is 2.53 bits per heavy atom. The number of nitrogens with zero attached hydrogens (tertiary/aromatic N) is 3. The second kappa shape index (κ2) is 12.4. The molecule has 1 N–H and O–H groups in total. The maximum atomic E-state index is 5.86. The Morgan fingerprint density at radius 1 is 0.969 bits per heavy atom. The molecule has 1 unspecified atom stereocenters. The summed E-state index contributed by atoms with van der Waals surface area (Å²) in [7, 11) is 0. The SMILES string of the molecule is CCCCCCCNCC1CCN(c2ccc(-c3cnn(C4CCCCO4)c3)cc2)CC1. The zero-order valence-electron chi connectivity index (χ0n) is 20.0. The van der Waals surface area contributed by atoms with Gasteiger partial charge in [0.05, 0.1) is 6.20 Å². The molecule has 0 radical (unpaired) electrons. The number of aromatic nitrogens is 2. The van der Waals surface area contributed by atoms with Crippen molar-refractivity contribution in [3.63, 3.8) is 0 Å². The van der Waals surface area contributed by atoms with Crippen LogP contribution in [0.15, 0.2) is 36.7 Å². The largest absolute Gasteiger partial charge is 0.372 e. The molecular weight excluding hydrogens is 396 g/mol. The zero-order chi connectivity index (χ0) is 22.0. The first kappa shape index (κ1) is 23.3. The summed E-state index contributed by atoms with van der Waals surface area (Å²) in [6.07, 6.45) is 17.1. The first-order valence-electron chi connectivity index (χ1n) is 13.1. The van der Waals surface area contributed by atoms with Crippen LogP contribution < -0.4 is 10.2 Å². The van der Waals surface area contributed by atoms with E-state index in [2.05, 4.69) is 52.7 Å². The highest BCUT2D eigenvalue weighted by molar-refractivity contribution is 5.65. The Bertz CT molecular complexity index is 773. The van der Waals surface area contributed by atoms with Crippen LogP contribution in [0.3, 0.4) is 0 Å². The highest BCUT2D eigenvalue weighted by Crippen LogP contribution is 2.28. The first-order valence-corrected chi connectivity index (χ1v) is 13.1. The standard InChI is InChI=1S/C27H42N4O/c1-2-3-4-5-7-16-28-20-23-14-17-30(18-15-23)26-12-10-24(11-13-26)25-21-29-31(22-25)27-9-6-8-19-32-27/h10-13,21-23,27-28H,2-9,14-20H2,1H3. The maximum absolute atomic E-state index is 5.86. The second-order valence-electron chi connectivity index (χ2n) is 9.63. The number of nitrogens with one attached hydrogen (secondary N) is 1. The van der Waals surface area contributed by atoms with Crippen molar-refractivity contribution < 1.29 is 4.74 Å². The van der Waals surface area contributed by atoms with E-state index in [4.69, 9.17) is 4.74 Å². The van der Waals surface area contributed by atoms with Gasteiger partial charge in [-0.3, -0.25) is 0 Å². The quantitative estimate of drug-likeness (QED) is 0.435. The summed E-state index contributed by atoms with van der Waals surface area (Å²) in [6.45, 7) is 7.84. The lowest BCUT2D eigenvalue weighted by Gasteiger charge is -2.34. The summed E-state index contributed by atoms with van der Waals surface area (Å²) in [4.78, 5) is 2.55. The van der Waals surface area contributed by atoms with Crippen molar-refractivity contribution in [2.45, 2.75) is 77.4 Å². The molecule has 4 rings (SSSR count). The molecule has 0 spiro atoms. The van der Waals surface area contributed by atoms with Crippen molar-refractivity contribution in [1.29, 1.82) is 0 Å². The van der Waals surface area contributed by atoms with Gasteiger partial charge in [-0.1, -0.05) is 44.7 Å². The summed E-state index contributed by atoms with van der Waals surface area (Å²) in [5, 5.41) is 8.26. The number of anilines is 1. The molecule has 1 aromatic carbocycles. The van der Waals surface area contributed by atoms with Gasteiger partial charge in [0, 0.05) is 37.1 Å². The van der Waals surface area contributed by atoms with Crippen molar-refractivity contribution in [2.24, 2.45) is 5.92 Å². The highest BCUT2D eigenvalue weighted by atomic mass is 16.5. The highest BCUT2D eigenvalue weighted by Gasteiger charge is 2.20. The smallest absolute Gasteiger partial charge is 0.150 e. The Balaban J connectivity index is 1.19. The van der Waals surface area contributed by atoms with Crippen LogP contribution in [0, 0.1) is 5.92 Å². The van der Waals surface area contributed by atoms with Gasteiger partial charge in [0.1, 0.15) is 6.23 Å². The van der Waals surface area contributed by atoms with Crippen molar-refractivity contribution in [3.05, 3.63) is 36.7 Å². The van der Waals surface area contributed by atoms with Gasteiger partial charge in [-0.25, -0.2) is 4.68 Å². The molecule has 32 heavy (non-hydrogen) atoms. The third-order valence-electron chi connectivity index (χ3n) is 7.12. The Kier molecular flexibility index (Phi) is 9.04. The summed E-state index contributed by atoms with van der Waals surface area (Å²) in [5.74, 6) is 0.828. The van der Waals surface area contributed by atoms with Gasteiger partial charge >= 0.3 is 0 Å². The van der Waals surface area contributed by atoms with Crippen molar-refractivity contribution >= 4 is 5.69 Å². The molecule has 2 fully saturated rings. The van der Waals surface area contributed by atoms with Crippen LogP contribution in [0.25, 0.3) is 11.1 Å². The molecule has 2 saturated heterocycles. The lowest BCUT2D eigenvalue weighted by molar-refractivity contribution is -0.0394. The van der Waals surface area contributed by atoms with Gasteiger partial charge in [0.2, 0.25) is 0 Å². The van der Waals surface area contributed by atoms with Crippen LogP contribution in [0.5, 0.6) is 0 Å². The van der Waals surface area contributed by atoms with Gasteiger partial charge < -0.3 is 15.0 Å². The van der Waals surface area contributed by atoms with E-state index in [0.717, 1.165) is 18.9 Å². The van der Waals surface area contributed by atoms with Gasteiger partial charge in [0.15, 0.2) is 0 Å². The Labute approximate surface area is 194 Å². The fraction of sp³-hybridized carbons (Fsp3) is 0.667. The van der Waals surface area contributed by atoms with Gasteiger partial charge in [-0.2, -0.15) is 5.10 Å². The number of unbranched alkanes of at least 4 members (excludes halogenated alkanes) is 4. The topological polar surface area (TPSA) is 42.3 Å². The average Bonchev–Trinajstić information content (AvgIpc) is 3.35. The molecule has 0 amide bonds. The van der Waals surface area contributed by atoms with Crippen LogP contribution in [-0.4, -0.2) is 42.6 Å². The monoisotopic (exact) mass is 438 g/mol. The molecule has 0 aliphatic carbocycles. The van der Waals surface area contributed by atoms with Gasteiger partial charge in [-0.15, -0.1) is 0 Å². The molecular formula is C27H42N4O. The minimum absolute atomic E-state index is 0.105. The molecule has 1 atom stereocenters. The second-order valence-corrected chi connectivity index (χ2v) is 9.63. The van der Waals surface area contributed by atoms with Crippen LogP contribution in [0.2, 0.25) is 0 Å². The van der Waals surface area contributed by atoms with Crippen LogP contribution in [0.4, 0.5) is 5.69 Å². The number of rotatable bonds is 11. The van der Waals surface area contributed by atoms with Crippen molar-refractivity contribution in [1.82, 2.24) is 15.1 Å². The van der Waals surface area contributed by atoms with E-state index in [1.165, 1.54) is 101 Å². The fourth-order valence-corrected chi connectivity index (χ4v) is 5.00. The fourth-order valence-electron chi connectivity index (χ4n) is 5.00. The number of ether oxygens (including phenoxy) is 1. The van der Waals surface area contributed by atoms with E-state index < -0.39 is 0 Å². The number of hydrogen-bond donors (Lipinski definition) is 1. The molecule has 2 aromatic rings. The number of piperidine rings is 1. The zero-order valence-corrected chi connectivity index (χ0v) is 20.0. The third-order valence-corrected chi connectivity index (χ3v) is 7.12. The summed E-state index contributed by atoms with van der Waals surface area (Å²) in [6, 6.07) is 9.03. The Morgan fingerprint density at radius 2 is 1.78 bits per heavy atom. The summed E-state index contributed by atoms with van der Waals surface area (Å²) in [5.41, 5.74) is 3.75. The number of benzene rings is 1. The molecule has 176 valence electrons. The molecule has 0 bridgehead atoms. The van der Waals surface area contributed by atoms with Crippen LogP contribution >= 0.6 is 0 Å². The maximum Gasteiger partial charge on any atom is 0.150 e. The van der Waals surface area contributed by atoms with E-state index >= 15 is 0 Å². The van der Waals surface area contributed by atoms with E-state index in [-0.39, 0.29) is 6.23 Å². The molecule has 2 aliphatic rings. The lowest BCUT2D eigenvalue weighted by Crippen LogP contribution is -2.37. The minimum atomic E-state index is 0.105. The summed E-state index contributed by atoms with van der Waals surface area (Å²) < 4.78 is 7.85. The predicted molar refractivity (Wildman–Crippen MR) is 133 cm³/mol. The Hall–Kier alpha value is -1.85. The molecule has 2 aliphatic heterocycles. The van der Waals surface area contributed by atoms with Crippen molar-refractivity contribution in [2.75, 3.05) is 37.7 Å². The van der Waals surface area contributed by atoms with Crippen molar-refractivity contribution in [3.8, 4) is 11.1 Å². The summed E-state index contributed by atoms with van der Waals surface area (Å²) >= 11 is 0. The molecule has 5 heteroatoms. The molecule has 0 saturated carbocycles. The molecule has 5 nitrogen and oxygen atoms in total. The number of hydrogen-bond acceptors (Lipinski definition) is 4. The van der Waals surface area contributed by atoms with E-state index in [1.807, 2.05) is 10.9 Å². The van der Waals surface area contributed by atoms with Gasteiger partial charge in [-0.05, 0) is 75.2 Å². The lowest BCUT2D eigenvalue weighted by atomic mass is 9.96. The normalized spacial score (nSPS) is 20.0.